The first-order valence-electron chi connectivity index (χ1n) is 5.59. The van der Waals surface area contributed by atoms with Crippen molar-refractivity contribution in [3.8, 4) is 0 Å². The van der Waals surface area contributed by atoms with Crippen LogP contribution < -0.4 is 11.1 Å². The summed E-state index contributed by atoms with van der Waals surface area (Å²) in [6.45, 7) is 0.221. The monoisotopic (exact) mass is 332 g/mol. The van der Waals surface area contributed by atoms with Crippen molar-refractivity contribution in [2.75, 3.05) is 6.54 Å². The predicted octanol–water partition coefficient (Wildman–Crippen LogP) is 1.05. The third-order valence-electron chi connectivity index (χ3n) is 2.45. The Hall–Kier alpha value is -1.47. The molecule has 104 valence electrons. The lowest BCUT2D eigenvalue weighted by Gasteiger charge is -2.08. The van der Waals surface area contributed by atoms with Crippen LogP contribution in [0.15, 0.2) is 22.7 Å². The van der Waals surface area contributed by atoms with Crippen LogP contribution in [0.5, 0.6) is 0 Å². The maximum Gasteiger partial charge on any atom is 0.321 e. The van der Waals surface area contributed by atoms with Gasteiger partial charge in [-0.25, -0.2) is 4.39 Å². The van der Waals surface area contributed by atoms with Crippen LogP contribution in [0, 0.1) is 5.82 Å². The van der Waals surface area contributed by atoms with E-state index in [1.165, 1.54) is 6.07 Å². The van der Waals surface area contributed by atoms with Crippen LogP contribution in [0.25, 0.3) is 0 Å². The Morgan fingerprint density at radius 3 is 2.79 bits per heavy atom. The fourth-order valence-electron chi connectivity index (χ4n) is 1.43. The SMILES string of the molecule is NC(CC(=O)NCCc1cc(Br)ccc1F)C(=O)O. The van der Waals surface area contributed by atoms with Crippen molar-refractivity contribution in [1.82, 2.24) is 5.32 Å². The minimum absolute atomic E-state index is 0.221. The normalized spacial score (nSPS) is 11.9. The van der Waals surface area contributed by atoms with E-state index in [2.05, 4.69) is 21.2 Å². The smallest absolute Gasteiger partial charge is 0.321 e. The highest BCUT2D eigenvalue weighted by Gasteiger charge is 2.15. The molecule has 0 spiro atoms. The van der Waals surface area contributed by atoms with E-state index in [0.29, 0.717) is 12.0 Å². The number of carboxylic acid groups (broad SMARTS) is 1. The summed E-state index contributed by atoms with van der Waals surface area (Å²) in [7, 11) is 0. The molecular formula is C12H14BrFN2O3. The first-order chi connectivity index (χ1) is 8.90. The van der Waals surface area contributed by atoms with Gasteiger partial charge in [0.2, 0.25) is 5.91 Å². The molecule has 0 heterocycles. The van der Waals surface area contributed by atoms with E-state index in [-0.39, 0.29) is 18.8 Å². The van der Waals surface area contributed by atoms with Gasteiger partial charge in [0.25, 0.3) is 0 Å². The predicted molar refractivity (Wildman–Crippen MR) is 71.0 cm³/mol. The second-order valence-corrected chi connectivity index (χ2v) is 4.90. The minimum Gasteiger partial charge on any atom is -0.480 e. The molecule has 0 aliphatic heterocycles. The number of carbonyl (C=O) groups excluding carboxylic acids is 1. The van der Waals surface area contributed by atoms with Crippen molar-refractivity contribution < 1.29 is 19.1 Å². The highest BCUT2D eigenvalue weighted by Crippen LogP contribution is 2.15. The standard InChI is InChI=1S/C12H14BrFN2O3/c13-8-1-2-9(14)7(5-8)3-4-16-11(17)6-10(15)12(18)19/h1-2,5,10H,3-4,6,15H2,(H,16,17)(H,18,19). The van der Waals surface area contributed by atoms with Gasteiger partial charge >= 0.3 is 5.97 Å². The molecule has 5 nitrogen and oxygen atoms in total. The van der Waals surface area contributed by atoms with Crippen molar-refractivity contribution in [2.24, 2.45) is 5.73 Å². The van der Waals surface area contributed by atoms with E-state index < -0.39 is 17.9 Å². The molecule has 1 unspecified atom stereocenters. The average molecular weight is 333 g/mol. The number of nitrogens with one attached hydrogen (secondary N) is 1. The van der Waals surface area contributed by atoms with Crippen molar-refractivity contribution in [3.05, 3.63) is 34.1 Å². The summed E-state index contributed by atoms with van der Waals surface area (Å²) in [5.74, 6) is -2.04. The molecule has 0 saturated heterocycles. The summed E-state index contributed by atoms with van der Waals surface area (Å²) < 4.78 is 14.1. The number of amides is 1. The number of benzene rings is 1. The second-order valence-electron chi connectivity index (χ2n) is 3.98. The molecule has 1 aromatic carbocycles. The molecule has 7 heteroatoms. The second kappa shape index (κ2) is 7.20. The molecule has 1 atom stereocenters. The molecule has 0 radical (unpaired) electrons. The van der Waals surface area contributed by atoms with Gasteiger partial charge in [-0.2, -0.15) is 0 Å². The zero-order valence-corrected chi connectivity index (χ0v) is 11.6. The number of rotatable bonds is 6. The van der Waals surface area contributed by atoms with Gasteiger partial charge < -0.3 is 16.2 Å². The van der Waals surface area contributed by atoms with Crippen molar-refractivity contribution in [2.45, 2.75) is 18.9 Å². The Bertz CT molecular complexity index is 482. The lowest BCUT2D eigenvalue weighted by molar-refractivity contribution is -0.140. The molecular weight excluding hydrogens is 319 g/mol. The molecule has 0 fully saturated rings. The van der Waals surface area contributed by atoms with Crippen LogP contribution in [0.3, 0.4) is 0 Å². The molecule has 0 saturated carbocycles. The van der Waals surface area contributed by atoms with Gasteiger partial charge in [-0.15, -0.1) is 0 Å². The van der Waals surface area contributed by atoms with Crippen LogP contribution >= 0.6 is 15.9 Å². The van der Waals surface area contributed by atoms with E-state index in [9.17, 15) is 14.0 Å². The average Bonchev–Trinajstić information content (AvgIpc) is 2.33. The van der Waals surface area contributed by atoms with Gasteiger partial charge in [0.15, 0.2) is 0 Å². The first-order valence-corrected chi connectivity index (χ1v) is 6.38. The zero-order valence-electron chi connectivity index (χ0n) is 10.0. The van der Waals surface area contributed by atoms with Gasteiger partial charge in [0.05, 0.1) is 6.42 Å². The maximum atomic E-state index is 13.4. The number of carbonyl (C=O) groups is 2. The van der Waals surface area contributed by atoms with Gasteiger partial charge in [0, 0.05) is 11.0 Å². The number of carboxylic acids is 1. The summed E-state index contributed by atoms with van der Waals surface area (Å²) >= 11 is 3.23. The first kappa shape index (κ1) is 15.6. The highest BCUT2D eigenvalue weighted by atomic mass is 79.9. The fraction of sp³-hybridized carbons (Fsp3) is 0.333. The highest BCUT2D eigenvalue weighted by molar-refractivity contribution is 9.10. The number of nitrogens with two attached hydrogens (primary N) is 1. The van der Waals surface area contributed by atoms with Crippen LogP contribution in [0.1, 0.15) is 12.0 Å². The number of hydrogen-bond donors (Lipinski definition) is 3. The van der Waals surface area contributed by atoms with Crippen molar-refractivity contribution in [3.63, 3.8) is 0 Å². The van der Waals surface area contributed by atoms with Crippen molar-refractivity contribution in [1.29, 1.82) is 0 Å². The van der Waals surface area contributed by atoms with E-state index in [1.807, 2.05) is 0 Å². The maximum absolute atomic E-state index is 13.4. The van der Waals surface area contributed by atoms with Crippen LogP contribution in [0.4, 0.5) is 4.39 Å². The summed E-state index contributed by atoms with van der Waals surface area (Å²) in [6.07, 6.45) is 0.0234. The fourth-order valence-corrected chi connectivity index (χ4v) is 1.84. The van der Waals surface area contributed by atoms with Gasteiger partial charge in [-0.3, -0.25) is 9.59 Å². The van der Waals surface area contributed by atoms with E-state index in [4.69, 9.17) is 10.8 Å². The molecule has 0 aromatic heterocycles. The van der Waals surface area contributed by atoms with Crippen molar-refractivity contribution >= 4 is 27.8 Å². The third kappa shape index (κ3) is 5.35. The Labute approximate surface area is 118 Å². The van der Waals surface area contributed by atoms with E-state index >= 15 is 0 Å². The Kier molecular flexibility index (Phi) is 5.91. The molecule has 1 amide bonds. The largest absolute Gasteiger partial charge is 0.480 e. The molecule has 0 aliphatic carbocycles. The van der Waals surface area contributed by atoms with Gasteiger partial charge in [-0.1, -0.05) is 15.9 Å². The summed E-state index contributed by atoms with van der Waals surface area (Å²) in [5, 5.41) is 11.0. The van der Waals surface area contributed by atoms with Crippen LogP contribution in [-0.2, 0) is 16.0 Å². The minimum atomic E-state index is -1.23. The molecule has 19 heavy (non-hydrogen) atoms. The quantitative estimate of drug-likeness (QED) is 0.726. The molecule has 1 rings (SSSR count). The van der Waals surface area contributed by atoms with Gasteiger partial charge in [0.1, 0.15) is 11.9 Å². The zero-order chi connectivity index (χ0) is 14.4. The molecule has 0 bridgehead atoms. The summed E-state index contributed by atoms with van der Waals surface area (Å²) in [6, 6.07) is 3.33. The Morgan fingerprint density at radius 2 is 2.16 bits per heavy atom. The number of halogens is 2. The van der Waals surface area contributed by atoms with Gasteiger partial charge in [-0.05, 0) is 30.2 Å². The van der Waals surface area contributed by atoms with E-state index in [1.54, 1.807) is 12.1 Å². The topological polar surface area (TPSA) is 92.4 Å². The Balaban J connectivity index is 2.40. The van der Waals surface area contributed by atoms with Crippen LogP contribution in [-0.4, -0.2) is 29.6 Å². The lowest BCUT2D eigenvalue weighted by atomic mass is 10.1. The third-order valence-corrected chi connectivity index (χ3v) is 2.94. The Morgan fingerprint density at radius 1 is 1.47 bits per heavy atom. The summed E-state index contributed by atoms with van der Waals surface area (Å²) in [5.41, 5.74) is 5.69. The van der Waals surface area contributed by atoms with Crippen LogP contribution in [0.2, 0.25) is 0 Å². The van der Waals surface area contributed by atoms with E-state index in [0.717, 1.165) is 4.47 Å². The lowest BCUT2D eigenvalue weighted by Crippen LogP contribution is -2.37. The number of aliphatic carboxylic acids is 1. The summed E-state index contributed by atoms with van der Waals surface area (Å²) in [4.78, 5) is 21.8. The molecule has 0 aliphatic rings. The molecule has 1 aromatic rings. The molecule has 4 N–H and O–H groups in total. The number of hydrogen-bond acceptors (Lipinski definition) is 3.